The molecular formula is C12H19NO. The third-order valence-electron chi connectivity index (χ3n) is 2.32. The Morgan fingerprint density at radius 2 is 1.93 bits per heavy atom. The Kier molecular flexibility index (Phi) is 4.63. The highest BCUT2D eigenvalue weighted by molar-refractivity contribution is 5.22. The fraction of sp³-hybridized carbons (Fsp3) is 0.500. The van der Waals surface area contributed by atoms with Crippen molar-refractivity contribution in [2.75, 3.05) is 13.2 Å². The van der Waals surface area contributed by atoms with Crippen LogP contribution in [0.5, 0.6) is 0 Å². The summed E-state index contributed by atoms with van der Waals surface area (Å²) < 4.78 is 0. The number of nitrogens with one attached hydrogen (secondary N) is 1. The number of hydrogen-bond donors (Lipinski definition) is 2. The van der Waals surface area contributed by atoms with Gasteiger partial charge in [-0.3, -0.25) is 0 Å². The third kappa shape index (κ3) is 3.48. The van der Waals surface area contributed by atoms with Crippen LogP contribution >= 0.6 is 0 Å². The molecule has 0 spiro atoms. The van der Waals surface area contributed by atoms with Gasteiger partial charge < -0.3 is 10.4 Å². The second-order valence-corrected chi connectivity index (χ2v) is 3.63. The summed E-state index contributed by atoms with van der Waals surface area (Å²) in [5, 5.41) is 12.4. The van der Waals surface area contributed by atoms with Gasteiger partial charge in [-0.25, -0.2) is 0 Å². The molecule has 78 valence electrons. The van der Waals surface area contributed by atoms with Gasteiger partial charge in [-0.15, -0.1) is 0 Å². The van der Waals surface area contributed by atoms with Crippen molar-refractivity contribution in [2.45, 2.75) is 26.3 Å². The first-order valence-corrected chi connectivity index (χ1v) is 5.16. The number of likely N-dealkylation sites (N-methyl/N-ethyl adjacent to an activating group) is 1. The Bertz CT molecular complexity index is 256. The van der Waals surface area contributed by atoms with Gasteiger partial charge in [0.1, 0.15) is 0 Å². The van der Waals surface area contributed by atoms with Gasteiger partial charge in [0.2, 0.25) is 0 Å². The average Bonchev–Trinajstić information content (AvgIpc) is 2.20. The molecule has 0 aliphatic rings. The Morgan fingerprint density at radius 1 is 1.29 bits per heavy atom. The predicted molar refractivity (Wildman–Crippen MR) is 59.4 cm³/mol. The lowest BCUT2D eigenvalue weighted by atomic mass is 10.1. The molecule has 0 saturated carbocycles. The van der Waals surface area contributed by atoms with E-state index in [2.05, 4.69) is 43.4 Å². The van der Waals surface area contributed by atoms with Crippen molar-refractivity contribution in [2.24, 2.45) is 0 Å². The van der Waals surface area contributed by atoms with Crippen LogP contribution in [-0.2, 0) is 6.42 Å². The van der Waals surface area contributed by atoms with Crippen LogP contribution in [0, 0.1) is 6.92 Å². The first-order valence-electron chi connectivity index (χ1n) is 5.16. The van der Waals surface area contributed by atoms with Gasteiger partial charge in [0, 0.05) is 6.04 Å². The van der Waals surface area contributed by atoms with Gasteiger partial charge >= 0.3 is 0 Å². The van der Waals surface area contributed by atoms with Gasteiger partial charge in [0.25, 0.3) is 0 Å². The van der Waals surface area contributed by atoms with Gasteiger partial charge in [-0.05, 0) is 25.5 Å². The second kappa shape index (κ2) is 5.78. The van der Waals surface area contributed by atoms with E-state index in [1.165, 1.54) is 11.1 Å². The minimum atomic E-state index is 0.183. The Balaban J connectivity index is 2.53. The van der Waals surface area contributed by atoms with Gasteiger partial charge in [-0.1, -0.05) is 36.8 Å². The summed E-state index contributed by atoms with van der Waals surface area (Å²) in [6.07, 6.45) is 0.893. The summed E-state index contributed by atoms with van der Waals surface area (Å²) in [7, 11) is 0. The minimum Gasteiger partial charge on any atom is -0.395 e. The van der Waals surface area contributed by atoms with Crippen molar-refractivity contribution in [1.82, 2.24) is 5.32 Å². The third-order valence-corrected chi connectivity index (χ3v) is 2.32. The summed E-state index contributed by atoms with van der Waals surface area (Å²) in [6.45, 7) is 5.23. The normalized spacial score (nSPS) is 12.8. The maximum Gasteiger partial charge on any atom is 0.0587 e. The van der Waals surface area contributed by atoms with Crippen molar-refractivity contribution >= 4 is 0 Å². The Morgan fingerprint density at radius 3 is 2.43 bits per heavy atom. The lowest BCUT2D eigenvalue weighted by Crippen LogP contribution is -2.34. The van der Waals surface area contributed by atoms with E-state index in [4.69, 9.17) is 5.11 Å². The summed E-state index contributed by atoms with van der Waals surface area (Å²) in [6, 6.07) is 8.64. The van der Waals surface area contributed by atoms with Crippen LogP contribution in [0.25, 0.3) is 0 Å². The van der Waals surface area contributed by atoms with Crippen LogP contribution in [0.4, 0.5) is 0 Å². The maximum atomic E-state index is 9.11. The van der Waals surface area contributed by atoms with Crippen molar-refractivity contribution < 1.29 is 5.11 Å². The van der Waals surface area contributed by atoms with Gasteiger partial charge in [0.05, 0.1) is 6.61 Å². The Labute approximate surface area is 86.0 Å². The smallest absolute Gasteiger partial charge is 0.0587 e. The summed E-state index contributed by atoms with van der Waals surface area (Å²) in [5.41, 5.74) is 2.55. The minimum absolute atomic E-state index is 0.183. The van der Waals surface area contributed by atoms with Crippen LogP contribution < -0.4 is 5.32 Å². The number of aliphatic hydroxyl groups excluding tert-OH is 1. The standard InChI is InChI=1S/C12H19NO/c1-3-13-12(9-14)8-11-6-4-10(2)5-7-11/h4-7,12-14H,3,8-9H2,1-2H3. The maximum absolute atomic E-state index is 9.11. The van der Waals surface area contributed by atoms with Crippen molar-refractivity contribution in [3.05, 3.63) is 35.4 Å². The number of hydrogen-bond acceptors (Lipinski definition) is 2. The largest absolute Gasteiger partial charge is 0.395 e. The lowest BCUT2D eigenvalue weighted by molar-refractivity contribution is 0.243. The Hall–Kier alpha value is -0.860. The van der Waals surface area contributed by atoms with E-state index in [9.17, 15) is 0 Å². The van der Waals surface area contributed by atoms with Crippen LogP contribution in [0.2, 0.25) is 0 Å². The SMILES string of the molecule is CCNC(CO)Cc1ccc(C)cc1. The van der Waals surface area contributed by atoms with Crippen LogP contribution in [0.3, 0.4) is 0 Å². The molecular weight excluding hydrogens is 174 g/mol. The monoisotopic (exact) mass is 193 g/mol. The van der Waals surface area contributed by atoms with Crippen LogP contribution in [-0.4, -0.2) is 24.3 Å². The number of rotatable bonds is 5. The zero-order valence-electron chi connectivity index (χ0n) is 8.96. The molecule has 2 nitrogen and oxygen atoms in total. The molecule has 2 N–H and O–H groups in total. The van der Waals surface area contributed by atoms with E-state index in [0.29, 0.717) is 0 Å². The van der Waals surface area contributed by atoms with E-state index in [0.717, 1.165) is 13.0 Å². The summed E-state index contributed by atoms with van der Waals surface area (Å²) in [5.74, 6) is 0. The highest BCUT2D eigenvalue weighted by atomic mass is 16.3. The second-order valence-electron chi connectivity index (χ2n) is 3.63. The average molecular weight is 193 g/mol. The van der Waals surface area contributed by atoms with E-state index in [-0.39, 0.29) is 12.6 Å². The van der Waals surface area contributed by atoms with Crippen molar-refractivity contribution in [3.63, 3.8) is 0 Å². The zero-order valence-corrected chi connectivity index (χ0v) is 8.96. The van der Waals surface area contributed by atoms with Crippen molar-refractivity contribution in [1.29, 1.82) is 0 Å². The number of aryl methyl sites for hydroxylation is 1. The topological polar surface area (TPSA) is 32.3 Å². The van der Waals surface area contributed by atoms with Gasteiger partial charge in [0.15, 0.2) is 0 Å². The summed E-state index contributed by atoms with van der Waals surface area (Å²) in [4.78, 5) is 0. The van der Waals surface area contributed by atoms with E-state index in [1.807, 2.05) is 0 Å². The predicted octanol–water partition coefficient (Wildman–Crippen LogP) is 1.51. The summed E-state index contributed by atoms with van der Waals surface area (Å²) >= 11 is 0. The lowest BCUT2D eigenvalue weighted by Gasteiger charge is -2.14. The fourth-order valence-electron chi connectivity index (χ4n) is 1.50. The molecule has 1 aromatic rings. The fourth-order valence-corrected chi connectivity index (χ4v) is 1.50. The molecule has 1 unspecified atom stereocenters. The molecule has 1 atom stereocenters. The molecule has 0 amide bonds. The first-order chi connectivity index (χ1) is 6.76. The highest BCUT2D eigenvalue weighted by Crippen LogP contribution is 2.05. The van der Waals surface area contributed by atoms with Crippen LogP contribution in [0.15, 0.2) is 24.3 Å². The number of aliphatic hydroxyl groups is 1. The molecule has 0 aliphatic carbocycles. The molecule has 1 aromatic carbocycles. The number of benzene rings is 1. The molecule has 1 rings (SSSR count). The molecule has 0 bridgehead atoms. The van der Waals surface area contributed by atoms with Crippen molar-refractivity contribution in [3.8, 4) is 0 Å². The molecule has 2 heteroatoms. The molecule has 14 heavy (non-hydrogen) atoms. The van der Waals surface area contributed by atoms with E-state index in [1.54, 1.807) is 0 Å². The van der Waals surface area contributed by atoms with E-state index >= 15 is 0 Å². The molecule has 0 fully saturated rings. The highest BCUT2D eigenvalue weighted by Gasteiger charge is 2.05. The molecule has 0 aliphatic heterocycles. The van der Waals surface area contributed by atoms with Gasteiger partial charge in [-0.2, -0.15) is 0 Å². The molecule has 0 saturated heterocycles. The molecule has 0 aromatic heterocycles. The molecule has 0 heterocycles. The quantitative estimate of drug-likeness (QED) is 0.743. The molecule has 0 radical (unpaired) electrons. The zero-order chi connectivity index (χ0) is 10.4. The van der Waals surface area contributed by atoms with Crippen LogP contribution in [0.1, 0.15) is 18.1 Å². The van der Waals surface area contributed by atoms with E-state index < -0.39 is 0 Å². The first kappa shape index (κ1) is 11.2.